The summed E-state index contributed by atoms with van der Waals surface area (Å²) in [6.45, 7) is 9.17. The Kier molecular flexibility index (Phi) is 2.18. The van der Waals surface area contributed by atoms with Crippen LogP contribution in [0.5, 0.6) is 0 Å². The molecule has 4 unspecified atom stereocenters. The van der Waals surface area contributed by atoms with E-state index in [9.17, 15) is 0 Å². The molecule has 0 spiro atoms. The third-order valence-electron chi connectivity index (χ3n) is 3.70. The van der Waals surface area contributed by atoms with E-state index in [4.69, 9.17) is 0 Å². The highest BCUT2D eigenvalue weighted by molar-refractivity contribution is 5.01. The Morgan fingerprint density at radius 2 is 1.92 bits per heavy atom. The molecule has 2 fully saturated rings. The number of hydrogen-bond donors (Lipinski definition) is 1. The summed E-state index contributed by atoms with van der Waals surface area (Å²) in [6.07, 6.45) is 4.51. The van der Waals surface area contributed by atoms with Gasteiger partial charge >= 0.3 is 0 Å². The van der Waals surface area contributed by atoms with E-state index < -0.39 is 0 Å². The quantitative estimate of drug-likeness (QED) is 0.690. The molecule has 0 bridgehead atoms. The first kappa shape index (κ1) is 9.51. The Morgan fingerprint density at radius 1 is 1.23 bits per heavy atom. The molecule has 76 valence electrons. The van der Waals surface area contributed by atoms with Crippen LogP contribution >= 0.6 is 0 Å². The number of rotatable bonds is 2. The maximum atomic E-state index is 3.72. The second-order valence-corrected chi connectivity index (χ2v) is 6.08. The number of hydrogen-bond acceptors (Lipinski definition) is 1. The standard InChI is InChI=1S/C12H23N/c1-8(13-12(2,3)4)10-6-5-9-7-11(9)10/h8-11,13H,5-7H2,1-4H3. The molecular weight excluding hydrogens is 158 g/mol. The predicted octanol–water partition coefficient (Wildman–Crippen LogP) is 2.81. The Hall–Kier alpha value is -0.0400. The smallest absolute Gasteiger partial charge is 0.00991 e. The SMILES string of the molecule is CC(NC(C)(C)C)C1CCC2CC21. The van der Waals surface area contributed by atoms with Crippen LogP contribution < -0.4 is 5.32 Å². The van der Waals surface area contributed by atoms with E-state index >= 15 is 0 Å². The normalized spacial score (nSPS) is 40.2. The van der Waals surface area contributed by atoms with Crippen LogP contribution in [0.2, 0.25) is 0 Å². The lowest BCUT2D eigenvalue weighted by atomic mass is 9.93. The minimum atomic E-state index is 0.284. The third-order valence-corrected chi connectivity index (χ3v) is 3.70. The highest BCUT2D eigenvalue weighted by Crippen LogP contribution is 2.56. The topological polar surface area (TPSA) is 12.0 Å². The average molecular weight is 181 g/mol. The second kappa shape index (κ2) is 2.98. The molecule has 0 aromatic heterocycles. The van der Waals surface area contributed by atoms with E-state index in [0.29, 0.717) is 0 Å². The van der Waals surface area contributed by atoms with Gasteiger partial charge in [0.05, 0.1) is 0 Å². The van der Waals surface area contributed by atoms with Gasteiger partial charge in [-0.2, -0.15) is 0 Å². The summed E-state index contributed by atoms with van der Waals surface area (Å²) in [7, 11) is 0. The third kappa shape index (κ3) is 2.07. The van der Waals surface area contributed by atoms with Crippen molar-refractivity contribution < 1.29 is 0 Å². The Bertz CT molecular complexity index is 192. The van der Waals surface area contributed by atoms with Gasteiger partial charge < -0.3 is 5.32 Å². The van der Waals surface area contributed by atoms with Gasteiger partial charge in [-0.1, -0.05) is 0 Å². The Labute approximate surface area is 82.3 Å². The summed E-state index contributed by atoms with van der Waals surface area (Å²) in [5, 5.41) is 3.72. The highest BCUT2D eigenvalue weighted by Gasteiger charge is 2.49. The van der Waals surface area contributed by atoms with Crippen LogP contribution in [0, 0.1) is 17.8 Å². The number of fused-ring (bicyclic) bond motifs is 1. The zero-order valence-corrected chi connectivity index (χ0v) is 9.43. The largest absolute Gasteiger partial charge is 0.309 e. The summed E-state index contributed by atoms with van der Waals surface area (Å²) in [6, 6.07) is 0.720. The maximum Gasteiger partial charge on any atom is 0.00991 e. The zero-order valence-electron chi connectivity index (χ0n) is 9.43. The van der Waals surface area contributed by atoms with Crippen LogP contribution in [0.4, 0.5) is 0 Å². The summed E-state index contributed by atoms with van der Waals surface area (Å²) in [4.78, 5) is 0. The van der Waals surface area contributed by atoms with Crippen molar-refractivity contribution in [1.82, 2.24) is 5.32 Å². The van der Waals surface area contributed by atoms with Gasteiger partial charge in [0.1, 0.15) is 0 Å². The molecule has 0 saturated heterocycles. The molecule has 1 heteroatoms. The molecule has 0 heterocycles. The molecule has 1 N–H and O–H groups in total. The van der Waals surface area contributed by atoms with E-state index in [2.05, 4.69) is 33.0 Å². The fraction of sp³-hybridized carbons (Fsp3) is 1.00. The van der Waals surface area contributed by atoms with Crippen LogP contribution in [0.1, 0.15) is 47.0 Å². The fourth-order valence-electron chi connectivity index (χ4n) is 3.16. The van der Waals surface area contributed by atoms with Gasteiger partial charge in [0.15, 0.2) is 0 Å². The summed E-state index contributed by atoms with van der Waals surface area (Å²) in [5.74, 6) is 3.18. The van der Waals surface area contributed by atoms with Gasteiger partial charge in [-0.3, -0.25) is 0 Å². The minimum absolute atomic E-state index is 0.284. The average Bonchev–Trinajstić information content (AvgIpc) is 2.59. The van der Waals surface area contributed by atoms with Crippen molar-refractivity contribution in [3.63, 3.8) is 0 Å². The minimum Gasteiger partial charge on any atom is -0.309 e. The van der Waals surface area contributed by atoms with E-state index in [1.807, 2.05) is 0 Å². The van der Waals surface area contributed by atoms with Gasteiger partial charge in [-0.05, 0) is 64.7 Å². The van der Waals surface area contributed by atoms with Crippen LogP contribution in [0.15, 0.2) is 0 Å². The molecule has 13 heavy (non-hydrogen) atoms. The van der Waals surface area contributed by atoms with Gasteiger partial charge in [0, 0.05) is 11.6 Å². The van der Waals surface area contributed by atoms with Crippen molar-refractivity contribution in [2.24, 2.45) is 17.8 Å². The number of nitrogens with one attached hydrogen (secondary N) is 1. The first-order valence-electron chi connectivity index (χ1n) is 5.75. The molecule has 2 aliphatic rings. The molecule has 0 radical (unpaired) electrons. The van der Waals surface area contributed by atoms with Crippen molar-refractivity contribution in [2.75, 3.05) is 0 Å². The van der Waals surface area contributed by atoms with Crippen LogP contribution in [-0.2, 0) is 0 Å². The van der Waals surface area contributed by atoms with E-state index in [1.165, 1.54) is 19.3 Å². The zero-order chi connectivity index (χ0) is 9.64. The van der Waals surface area contributed by atoms with Crippen molar-refractivity contribution >= 4 is 0 Å². The van der Waals surface area contributed by atoms with Crippen molar-refractivity contribution in [3.8, 4) is 0 Å². The van der Waals surface area contributed by atoms with Crippen LogP contribution in [-0.4, -0.2) is 11.6 Å². The monoisotopic (exact) mass is 181 g/mol. The van der Waals surface area contributed by atoms with Crippen LogP contribution in [0.25, 0.3) is 0 Å². The van der Waals surface area contributed by atoms with E-state index in [0.717, 1.165) is 23.8 Å². The summed E-state index contributed by atoms with van der Waals surface area (Å²) in [5.41, 5.74) is 0.284. The highest BCUT2D eigenvalue weighted by atomic mass is 15.0. The Morgan fingerprint density at radius 3 is 2.31 bits per heavy atom. The molecule has 0 aromatic rings. The molecule has 1 nitrogen and oxygen atoms in total. The second-order valence-electron chi connectivity index (χ2n) is 6.08. The van der Waals surface area contributed by atoms with Gasteiger partial charge in [-0.25, -0.2) is 0 Å². The molecule has 0 aliphatic heterocycles. The Balaban J connectivity index is 1.86. The molecule has 2 rings (SSSR count). The maximum absolute atomic E-state index is 3.72. The predicted molar refractivity (Wildman–Crippen MR) is 56.7 cm³/mol. The first-order valence-corrected chi connectivity index (χ1v) is 5.75. The molecule has 2 aliphatic carbocycles. The molecule has 4 atom stereocenters. The van der Waals surface area contributed by atoms with Crippen molar-refractivity contribution in [1.29, 1.82) is 0 Å². The van der Waals surface area contributed by atoms with Gasteiger partial charge in [0.2, 0.25) is 0 Å². The molecule has 2 saturated carbocycles. The first-order chi connectivity index (χ1) is 5.97. The van der Waals surface area contributed by atoms with E-state index in [-0.39, 0.29) is 5.54 Å². The fourth-order valence-corrected chi connectivity index (χ4v) is 3.16. The summed E-state index contributed by atoms with van der Waals surface area (Å²) < 4.78 is 0. The van der Waals surface area contributed by atoms with Crippen LogP contribution in [0.3, 0.4) is 0 Å². The summed E-state index contributed by atoms with van der Waals surface area (Å²) >= 11 is 0. The lowest BCUT2D eigenvalue weighted by Crippen LogP contribution is -2.45. The van der Waals surface area contributed by atoms with Crippen molar-refractivity contribution in [2.45, 2.75) is 58.5 Å². The lowest BCUT2D eigenvalue weighted by molar-refractivity contribution is 0.278. The van der Waals surface area contributed by atoms with Gasteiger partial charge in [-0.15, -0.1) is 0 Å². The van der Waals surface area contributed by atoms with Crippen molar-refractivity contribution in [3.05, 3.63) is 0 Å². The lowest BCUT2D eigenvalue weighted by Gasteiger charge is -2.30. The molecule has 0 aromatic carbocycles. The van der Waals surface area contributed by atoms with Gasteiger partial charge in [0.25, 0.3) is 0 Å². The van der Waals surface area contributed by atoms with E-state index in [1.54, 1.807) is 0 Å². The molecular formula is C12H23N. The molecule has 0 amide bonds.